The normalized spacial score (nSPS) is 14.2. The first-order valence-electron chi connectivity index (χ1n) is 27.2. The molecule has 7 amide bonds. The molecule has 0 aliphatic rings. The van der Waals surface area contributed by atoms with E-state index in [1.54, 1.807) is 0 Å². The zero-order valence-electron chi connectivity index (χ0n) is 45.3. The number of amides is 7. The van der Waals surface area contributed by atoms with Crippen molar-refractivity contribution >= 4 is 59.2 Å². The van der Waals surface area contributed by atoms with Crippen LogP contribution < -0.4 is 100 Å². The predicted molar refractivity (Wildman–Crippen MR) is 296 cm³/mol. The van der Waals surface area contributed by atoms with Crippen LogP contribution in [0, 0.1) is 0 Å². The lowest BCUT2D eigenvalue weighted by Crippen LogP contribution is -2.60. The van der Waals surface area contributed by atoms with Gasteiger partial charge in [0, 0.05) is 13.1 Å². The molecular weight excluding hydrogens is 1000 g/mol. The Balaban J connectivity index is 6.83. The van der Waals surface area contributed by atoms with Crippen LogP contribution in [0.2, 0.25) is 0 Å². The van der Waals surface area contributed by atoms with Gasteiger partial charge in [0.25, 0.3) is 0 Å². The number of carbonyl (C=O) groups excluding carboxylic acids is 7. The summed E-state index contributed by atoms with van der Waals surface area (Å²) in [4.78, 5) is 118. The number of nitrogens with two attached hydrogens (primary N) is 11. The molecule has 0 rings (SSSR count). The first-order chi connectivity index (χ1) is 36.8. The Hall–Kier alpha value is -5.98. The number of unbranched alkanes of at least 4 members (excludes halogenated alkanes) is 6. The van der Waals surface area contributed by atoms with Crippen LogP contribution in [0.1, 0.15) is 141 Å². The number of aliphatic carboxylic acids is 1. The summed E-state index contributed by atoms with van der Waals surface area (Å²) in [5.41, 5.74) is 62.4. The Kier molecular flexibility index (Phi) is 40.6. The molecule has 0 unspecified atom stereocenters. The van der Waals surface area contributed by atoms with Crippen LogP contribution in [0.25, 0.3) is 0 Å². The van der Waals surface area contributed by atoms with Crippen LogP contribution in [0.5, 0.6) is 0 Å². The third kappa shape index (κ3) is 33.7. The summed E-state index contributed by atoms with van der Waals surface area (Å²) in [6.45, 7) is 2.13. The second-order valence-corrected chi connectivity index (χ2v) is 19.0. The van der Waals surface area contributed by atoms with Crippen LogP contribution in [-0.4, -0.2) is 165 Å². The molecule has 0 aliphatic heterocycles. The topological polar surface area (TPSA) is 552 Å². The number of hydrogen-bond acceptors (Lipinski definition) is 17. The van der Waals surface area contributed by atoms with Crippen molar-refractivity contribution in [2.24, 2.45) is 73.1 Å². The molecule has 0 saturated carbocycles. The van der Waals surface area contributed by atoms with Crippen molar-refractivity contribution in [2.45, 2.75) is 190 Å². The molecule has 29 nitrogen and oxygen atoms in total. The van der Waals surface area contributed by atoms with Crippen molar-refractivity contribution in [3.05, 3.63) is 0 Å². The highest BCUT2D eigenvalue weighted by molar-refractivity contribution is 5.97. The number of hydrogen-bond donors (Lipinski definition) is 19. The van der Waals surface area contributed by atoms with Crippen molar-refractivity contribution in [1.82, 2.24) is 37.2 Å². The lowest BCUT2D eigenvalue weighted by Gasteiger charge is -2.28. The average Bonchev–Trinajstić information content (AvgIpc) is 3.38. The second kappa shape index (κ2) is 44.0. The van der Waals surface area contributed by atoms with Crippen molar-refractivity contribution in [3.63, 3.8) is 0 Å². The fourth-order valence-corrected chi connectivity index (χ4v) is 7.89. The third-order valence-corrected chi connectivity index (χ3v) is 12.3. The maximum absolute atomic E-state index is 14.4. The molecule has 29 heteroatoms. The number of carboxylic acid groups (broad SMARTS) is 1. The smallest absolute Gasteiger partial charge is 0.326 e. The summed E-state index contributed by atoms with van der Waals surface area (Å²) < 4.78 is 0. The van der Waals surface area contributed by atoms with E-state index in [-0.39, 0.29) is 109 Å². The Labute approximate surface area is 453 Å². The monoisotopic (exact) mass is 1100 g/mol. The van der Waals surface area contributed by atoms with Crippen LogP contribution in [0.15, 0.2) is 9.98 Å². The molecule has 77 heavy (non-hydrogen) atoms. The van der Waals surface area contributed by atoms with Gasteiger partial charge in [-0.2, -0.15) is 0 Å². The summed E-state index contributed by atoms with van der Waals surface area (Å²) in [6, 6.07) is -9.59. The fourth-order valence-electron chi connectivity index (χ4n) is 7.89. The van der Waals surface area contributed by atoms with E-state index in [0.717, 1.165) is 0 Å². The highest BCUT2D eigenvalue weighted by Gasteiger charge is 2.34. The van der Waals surface area contributed by atoms with Gasteiger partial charge < -0.3 is 105 Å². The number of rotatable bonds is 47. The van der Waals surface area contributed by atoms with Gasteiger partial charge in [-0.3, -0.25) is 43.5 Å². The summed E-state index contributed by atoms with van der Waals surface area (Å²) >= 11 is 0. The molecule has 0 saturated heterocycles. The van der Waals surface area contributed by atoms with Gasteiger partial charge >= 0.3 is 5.97 Å². The number of aliphatic imine (C=N–C) groups is 2. The molecule has 0 aromatic heterocycles. The summed E-state index contributed by atoms with van der Waals surface area (Å²) in [5.74, 6) is -6.56. The number of carbonyl (C=O) groups is 8. The predicted octanol–water partition coefficient (Wildman–Crippen LogP) is -5.33. The molecule has 0 fully saturated rings. The van der Waals surface area contributed by atoms with Gasteiger partial charge in [0.05, 0.1) is 6.04 Å². The Bertz CT molecular complexity index is 1790. The Morgan fingerprint density at radius 2 is 0.519 bits per heavy atom. The molecule has 0 heterocycles. The molecule has 0 spiro atoms. The largest absolute Gasteiger partial charge is 0.480 e. The molecule has 8 atom stereocenters. The lowest BCUT2D eigenvalue weighted by molar-refractivity contribution is -0.142. The van der Waals surface area contributed by atoms with Crippen LogP contribution in [-0.2, 0) is 38.4 Å². The number of nitrogens with zero attached hydrogens (tertiary/aromatic N) is 2. The van der Waals surface area contributed by atoms with E-state index in [1.807, 2.05) is 0 Å². The van der Waals surface area contributed by atoms with Gasteiger partial charge in [-0.15, -0.1) is 0 Å². The molecule has 0 aromatic carbocycles. The van der Waals surface area contributed by atoms with E-state index >= 15 is 0 Å². The quantitative estimate of drug-likeness (QED) is 0.0154. The lowest BCUT2D eigenvalue weighted by atomic mass is 10.0. The van der Waals surface area contributed by atoms with E-state index in [0.29, 0.717) is 96.6 Å². The Morgan fingerprint density at radius 1 is 0.312 bits per heavy atom. The molecule has 30 N–H and O–H groups in total. The second-order valence-electron chi connectivity index (χ2n) is 19.0. The first kappa shape index (κ1) is 71.0. The van der Waals surface area contributed by atoms with E-state index in [4.69, 9.17) is 63.1 Å². The van der Waals surface area contributed by atoms with Gasteiger partial charge in [-0.05, 0) is 181 Å². The van der Waals surface area contributed by atoms with Crippen molar-refractivity contribution in [2.75, 3.05) is 52.4 Å². The van der Waals surface area contributed by atoms with Gasteiger partial charge in [0.2, 0.25) is 41.4 Å². The van der Waals surface area contributed by atoms with Gasteiger partial charge in [0.15, 0.2) is 11.9 Å². The fraction of sp³-hybridized carbons (Fsp3) is 0.792. The molecule has 444 valence electrons. The maximum Gasteiger partial charge on any atom is 0.326 e. The van der Waals surface area contributed by atoms with Gasteiger partial charge in [-0.1, -0.05) is 0 Å². The summed E-state index contributed by atoms with van der Waals surface area (Å²) in [6.07, 6.45) is 6.83. The molecular formula is C48H98N20O9. The van der Waals surface area contributed by atoms with E-state index < -0.39 is 95.7 Å². The van der Waals surface area contributed by atoms with E-state index in [9.17, 15) is 43.5 Å². The van der Waals surface area contributed by atoms with Crippen molar-refractivity contribution in [3.8, 4) is 0 Å². The average molecular weight is 1100 g/mol. The maximum atomic E-state index is 14.4. The SMILES string of the molecule is NCCCC[C@H](NC(=O)[C@H](CCCCN)NC(=O)[C@H](CCCCN)NC(=O)[C@H](CCCCN)NC(=O)[C@H](CCCCN)NC(=O)[C@H](CCCCN)NC(=O)[C@H](CCCN=C(N)N)NC(=O)[C@@H](N)CCCN=C(N)N)C(=O)O. The zero-order chi connectivity index (χ0) is 58.0. The van der Waals surface area contributed by atoms with Crippen molar-refractivity contribution < 1.29 is 43.5 Å². The summed E-state index contributed by atoms with van der Waals surface area (Å²) in [5, 5.41) is 28.8. The Morgan fingerprint density at radius 3 is 0.753 bits per heavy atom. The number of guanidine groups is 2. The third-order valence-electron chi connectivity index (χ3n) is 12.3. The van der Waals surface area contributed by atoms with Crippen LogP contribution in [0.4, 0.5) is 0 Å². The minimum atomic E-state index is -1.25. The highest BCUT2D eigenvalue weighted by atomic mass is 16.4. The van der Waals surface area contributed by atoms with Gasteiger partial charge in [-0.25, -0.2) is 4.79 Å². The molecule has 0 aliphatic carbocycles. The molecule has 0 radical (unpaired) electrons. The van der Waals surface area contributed by atoms with E-state index in [1.165, 1.54) is 0 Å². The molecule has 0 aromatic rings. The first-order valence-corrected chi connectivity index (χ1v) is 27.2. The minimum absolute atomic E-state index is 0.0490. The zero-order valence-corrected chi connectivity index (χ0v) is 45.3. The molecule has 0 bridgehead atoms. The van der Waals surface area contributed by atoms with Gasteiger partial charge in [0.1, 0.15) is 42.3 Å². The number of carboxylic acids is 1. The van der Waals surface area contributed by atoms with Crippen LogP contribution in [0.3, 0.4) is 0 Å². The minimum Gasteiger partial charge on any atom is -0.480 e. The van der Waals surface area contributed by atoms with Crippen molar-refractivity contribution in [1.29, 1.82) is 0 Å². The highest BCUT2D eigenvalue weighted by Crippen LogP contribution is 2.12. The number of nitrogens with one attached hydrogen (secondary N) is 7. The summed E-state index contributed by atoms with van der Waals surface area (Å²) in [7, 11) is 0. The standard InChI is InChI=1S/C48H98N20O9/c49-23-7-1-16-32(41(71)65-34(18-3-9-25-51)43(73)67-36(20-5-11-27-53)45(75)68-38(46(76)77)21-6-12-28-54)63-40(70)33(17-2-8-24-50)64-42(72)35(19-4-10-26-52)66-44(74)37(22-14-30-61-48(58)59)62-39(69)31(55)15-13-29-60-47(56)57/h31-38H,1-30,49-55H2,(H,62,69)(H,63,70)(H,64,72)(H,65,71)(H,66,74)(H,67,73)(H,68,75)(H,76,77)(H4,56,57,60)(H4,58,59,61)/t31-,32-,33-,34-,35-,36-,37-,38-/m0/s1. The van der Waals surface area contributed by atoms with E-state index in [2.05, 4.69) is 47.2 Å². The van der Waals surface area contributed by atoms with Crippen LogP contribution >= 0.6 is 0 Å².